The minimum absolute atomic E-state index is 0.00181. The van der Waals surface area contributed by atoms with Gasteiger partial charge in [0.25, 0.3) is 5.69 Å². The Labute approximate surface area is 141 Å². The van der Waals surface area contributed by atoms with E-state index in [1.165, 1.54) is 23.5 Å². The second kappa shape index (κ2) is 6.63. The fourth-order valence-corrected chi connectivity index (χ4v) is 3.18. The number of nitrogens with zero attached hydrogens (tertiary/aromatic N) is 2. The molecule has 1 aromatic heterocycles. The third kappa shape index (κ3) is 3.33. The molecule has 0 aliphatic heterocycles. The normalized spacial score (nSPS) is 10.5. The number of nitro benzene ring substituents is 1. The predicted octanol–water partition coefficient (Wildman–Crippen LogP) is 3.39. The summed E-state index contributed by atoms with van der Waals surface area (Å²) in [6, 6.07) is 11.7. The maximum atomic E-state index is 12.2. The van der Waals surface area contributed by atoms with Gasteiger partial charge < -0.3 is 10.1 Å². The minimum Gasteiger partial charge on any atom is -0.496 e. The molecule has 0 radical (unpaired) electrons. The Hall–Kier alpha value is -3.00. The number of nitrogens with one attached hydrogen (secondary N) is 1. The van der Waals surface area contributed by atoms with E-state index in [-0.39, 0.29) is 18.0 Å². The summed E-state index contributed by atoms with van der Waals surface area (Å²) in [6.07, 6.45) is 0.153. The van der Waals surface area contributed by atoms with Gasteiger partial charge in [0, 0.05) is 17.7 Å². The standard InChI is InChI=1S/C16H13N3O4S/c1-23-13-5-3-2-4-10(13)8-15(20)18-16-17-12-7-6-11(19(21)22)9-14(12)24-16/h2-7,9H,8H2,1H3,(H,17,18,20). The summed E-state index contributed by atoms with van der Waals surface area (Å²) in [5.74, 6) is 0.417. The van der Waals surface area contributed by atoms with Crippen LogP contribution in [-0.4, -0.2) is 22.9 Å². The van der Waals surface area contributed by atoms with Crippen LogP contribution in [0.25, 0.3) is 10.2 Å². The number of hydrogen-bond acceptors (Lipinski definition) is 6. The number of thiazole rings is 1. The SMILES string of the molecule is COc1ccccc1CC(=O)Nc1nc2ccc([N+](=O)[O-])cc2s1. The molecule has 0 spiro atoms. The van der Waals surface area contributed by atoms with Gasteiger partial charge >= 0.3 is 0 Å². The Bertz CT molecular complexity index is 923. The molecule has 0 bridgehead atoms. The highest BCUT2D eigenvalue weighted by Crippen LogP contribution is 2.29. The number of non-ortho nitro benzene ring substituents is 1. The number of amides is 1. The molecule has 0 saturated carbocycles. The number of benzene rings is 2. The number of rotatable bonds is 5. The van der Waals surface area contributed by atoms with Crippen LogP contribution in [0.2, 0.25) is 0 Å². The summed E-state index contributed by atoms with van der Waals surface area (Å²) in [6.45, 7) is 0. The molecule has 3 rings (SSSR count). The van der Waals surface area contributed by atoms with E-state index in [1.807, 2.05) is 18.2 Å². The Morgan fingerprint density at radius 2 is 2.12 bits per heavy atom. The van der Waals surface area contributed by atoms with Gasteiger partial charge in [-0.25, -0.2) is 4.98 Å². The van der Waals surface area contributed by atoms with E-state index in [1.54, 1.807) is 19.2 Å². The lowest BCUT2D eigenvalue weighted by molar-refractivity contribution is -0.384. The molecular formula is C16H13N3O4S. The first kappa shape index (κ1) is 15.9. The van der Waals surface area contributed by atoms with Crippen LogP contribution in [0.1, 0.15) is 5.56 Å². The predicted molar refractivity (Wildman–Crippen MR) is 91.6 cm³/mol. The molecule has 8 heteroatoms. The van der Waals surface area contributed by atoms with E-state index in [4.69, 9.17) is 4.74 Å². The smallest absolute Gasteiger partial charge is 0.270 e. The van der Waals surface area contributed by atoms with Gasteiger partial charge in [-0.05, 0) is 12.1 Å². The van der Waals surface area contributed by atoms with Crippen molar-refractivity contribution in [2.45, 2.75) is 6.42 Å². The van der Waals surface area contributed by atoms with Gasteiger partial charge in [0.2, 0.25) is 5.91 Å². The highest BCUT2D eigenvalue weighted by Gasteiger charge is 2.13. The van der Waals surface area contributed by atoms with Gasteiger partial charge in [-0.3, -0.25) is 14.9 Å². The Balaban J connectivity index is 1.76. The van der Waals surface area contributed by atoms with Crippen LogP contribution in [0, 0.1) is 10.1 Å². The van der Waals surface area contributed by atoms with Crippen molar-refractivity contribution in [3.05, 3.63) is 58.1 Å². The topological polar surface area (TPSA) is 94.4 Å². The van der Waals surface area contributed by atoms with E-state index in [9.17, 15) is 14.9 Å². The van der Waals surface area contributed by atoms with Crippen molar-refractivity contribution in [1.29, 1.82) is 0 Å². The third-order valence-corrected chi connectivity index (χ3v) is 4.31. The first-order chi connectivity index (χ1) is 11.6. The first-order valence-corrected chi connectivity index (χ1v) is 7.85. The molecule has 1 amide bonds. The fraction of sp³-hybridized carbons (Fsp3) is 0.125. The fourth-order valence-electron chi connectivity index (χ4n) is 2.27. The number of carbonyl (C=O) groups excluding carboxylic acids is 1. The van der Waals surface area contributed by atoms with Crippen molar-refractivity contribution in [2.24, 2.45) is 0 Å². The number of anilines is 1. The molecule has 1 heterocycles. The van der Waals surface area contributed by atoms with E-state index in [0.29, 0.717) is 21.1 Å². The Morgan fingerprint density at radius 3 is 2.88 bits per heavy atom. The van der Waals surface area contributed by atoms with Crippen LogP contribution in [0.15, 0.2) is 42.5 Å². The zero-order chi connectivity index (χ0) is 17.1. The van der Waals surface area contributed by atoms with Crippen LogP contribution < -0.4 is 10.1 Å². The summed E-state index contributed by atoms with van der Waals surface area (Å²) >= 11 is 1.20. The summed E-state index contributed by atoms with van der Waals surface area (Å²) in [5, 5.41) is 13.9. The van der Waals surface area contributed by atoms with E-state index >= 15 is 0 Å². The van der Waals surface area contributed by atoms with E-state index in [2.05, 4.69) is 10.3 Å². The van der Waals surface area contributed by atoms with E-state index < -0.39 is 4.92 Å². The molecule has 0 fully saturated rings. The number of fused-ring (bicyclic) bond motifs is 1. The van der Waals surface area contributed by atoms with Crippen molar-refractivity contribution in [2.75, 3.05) is 12.4 Å². The molecule has 7 nitrogen and oxygen atoms in total. The number of carbonyl (C=O) groups is 1. The Morgan fingerprint density at radius 1 is 1.33 bits per heavy atom. The second-order valence-corrected chi connectivity index (χ2v) is 6.00. The second-order valence-electron chi connectivity index (χ2n) is 4.96. The highest BCUT2D eigenvalue weighted by molar-refractivity contribution is 7.22. The van der Waals surface area contributed by atoms with Gasteiger partial charge in [-0.1, -0.05) is 29.5 Å². The van der Waals surface area contributed by atoms with Crippen LogP contribution >= 0.6 is 11.3 Å². The first-order valence-electron chi connectivity index (χ1n) is 7.03. The number of hydrogen-bond donors (Lipinski definition) is 1. The average molecular weight is 343 g/mol. The van der Waals surface area contributed by atoms with Crippen molar-refractivity contribution < 1.29 is 14.5 Å². The molecule has 0 aliphatic carbocycles. The Kier molecular flexibility index (Phi) is 4.39. The number of nitro groups is 1. The van der Waals surface area contributed by atoms with Gasteiger partial charge in [-0.2, -0.15) is 0 Å². The molecular weight excluding hydrogens is 330 g/mol. The molecule has 2 aromatic carbocycles. The molecule has 122 valence electrons. The van der Waals surface area contributed by atoms with Crippen molar-refractivity contribution in [1.82, 2.24) is 4.98 Å². The van der Waals surface area contributed by atoms with Crippen molar-refractivity contribution in [3.63, 3.8) is 0 Å². The number of aromatic nitrogens is 1. The molecule has 0 atom stereocenters. The van der Waals surface area contributed by atoms with Gasteiger partial charge in [0.1, 0.15) is 5.75 Å². The molecule has 0 unspecified atom stereocenters. The van der Waals surface area contributed by atoms with Crippen LogP contribution in [0.5, 0.6) is 5.75 Å². The van der Waals surface area contributed by atoms with Crippen molar-refractivity contribution >= 4 is 38.3 Å². The summed E-state index contributed by atoms with van der Waals surface area (Å²) in [4.78, 5) is 26.8. The van der Waals surface area contributed by atoms with Gasteiger partial charge in [0.15, 0.2) is 5.13 Å². The number of para-hydroxylation sites is 1. The molecule has 1 N–H and O–H groups in total. The van der Waals surface area contributed by atoms with Crippen molar-refractivity contribution in [3.8, 4) is 5.75 Å². The molecule has 0 aliphatic rings. The van der Waals surface area contributed by atoms with Gasteiger partial charge in [0.05, 0.1) is 28.7 Å². The summed E-state index contributed by atoms with van der Waals surface area (Å²) in [7, 11) is 1.55. The highest BCUT2D eigenvalue weighted by atomic mass is 32.1. The average Bonchev–Trinajstić information content (AvgIpc) is 2.96. The van der Waals surface area contributed by atoms with Crippen LogP contribution in [0.4, 0.5) is 10.8 Å². The van der Waals surface area contributed by atoms with E-state index in [0.717, 1.165) is 5.56 Å². The molecule has 3 aromatic rings. The lowest BCUT2D eigenvalue weighted by Gasteiger charge is -2.07. The summed E-state index contributed by atoms with van der Waals surface area (Å²) < 4.78 is 5.87. The maximum Gasteiger partial charge on any atom is 0.270 e. The third-order valence-electron chi connectivity index (χ3n) is 3.37. The quantitative estimate of drug-likeness (QED) is 0.566. The molecule has 0 saturated heterocycles. The minimum atomic E-state index is -0.459. The molecule has 24 heavy (non-hydrogen) atoms. The lowest BCUT2D eigenvalue weighted by Crippen LogP contribution is -2.14. The zero-order valence-corrected chi connectivity index (χ0v) is 13.5. The van der Waals surface area contributed by atoms with Crippen LogP contribution in [0.3, 0.4) is 0 Å². The lowest BCUT2D eigenvalue weighted by atomic mass is 10.1. The number of methoxy groups -OCH3 is 1. The zero-order valence-electron chi connectivity index (χ0n) is 12.7. The maximum absolute atomic E-state index is 12.2. The van der Waals surface area contributed by atoms with Gasteiger partial charge in [-0.15, -0.1) is 0 Å². The van der Waals surface area contributed by atoms with Crippen LogP contribution in [-0.2, 0) is 11.2 Å². The number of ether oxygens (including phenoxy) is 1. The monoisotopic (exact) mass is 343 g/mol. The summed E-state index contributed by atoms with van der Waals surface area (Å²) in [5.41, 5.74) is 1.38. The largest absolute Gasteiger partial charge is 0.496 e.